The van der Waals surface area contributed by atoms with Gasteiger partial charge in [-0.2, -0.15) is 0 Å². The Morgan fingerprint density at radius 1 is 1.38 bits per heavy atom. The molecule has 21 heavy (non-hydrogen) atoms. The Labute approximate surface area is 125 Å². The number of hydrogen-bond donors (Lipinski definition) is 0. The zero-order chi connectivity index (χ0) is 14.8. The van der Waals surface area contributed by atoms with E-state index in [0.717, 1.165) is 50.2 Å². The van der Waals surface area contributed by atoms with Gasteiger partial charge in [0, 0.05) is 25.3 Å². The molecule has 0 aliphatic carbocycles. The number of likely N-dealkylation sites (N-methyl/N-ethyl adjacent to an activating group) is 1. The first-order valence-electron chi connectivity index (χ1n) is 7.62. The number of aldehydes is 1. The van der Waals surface area contributed by atoms with Crippen molar-refractivity contribution >= 4 is 17.8 Å². The lowest BCUT2D eigenvalue weighted by atomic mass is 10.2. The Hall–Kier alpha value is -1.88. The third kappa shape index (κ3) is 2.53. The van der Waals surface area contributed by atoms with Crippen molar-refractivity contribution in [2.24, 2.45) is 0 Å². The molecule has 3 heterocycles. The fraction of sp³-hybridized carbons (Fsp3) is 0.500. The van der Waals surface area contributed by atoms with E-state index in [1.165, 1.54) is 0 Å². The van der Waals surface area contributed by atoms with E-state index in [1.807, 2.05) is 28.8 Å². The molecule has 1 atom stereocenters. The minimum atomic E-state index is 0.404. The van der Waals surface area contributed by atoms with Gasteiger partial charge in [-0.1, -0.05) is 13.0 Å². The van der Waals surface area contributed by atoms with Crippen molar-refractivity contribution in [1.29, 1.82) is 0 Å². The van der Waals surface area contributed by atoms with Crippen molar-refractivity contribution in [2.45, 2.75) is 25.8 Å². The molecular formula is C16H22N4O. The predicted octanol–water partition coefficient (Wildman–Crippen LogP) is 2.07. The Morgan fingerprint density at radius 3 is 3.00 bits per heavy atom. The van der Waals surface area contributed by atoms with Crippen LogP contribution in [0.4, 0.5) is 5.82 Å². The maximum atomic E-state index is 11.6. The predicted molar refractivity (Wildman–Crippen MR) is 84.1 cm³/mol. The standard InChI is InChI=1S/C16H22N4O/c1-3-13-11-18(2)8-6-10-19(13)16-14(12-21)20-9-5-4-7-15(20)17-16/h4-5,7,9,12-13H,3,6,8,10-11H2,1-2H3. The van der Waals surface area contributed by atoms with Gasteiger partial charge in [-0.15, -0.1) is 0 Å². The van der Waals surface area contributed by atoms with Crippen LogP contribution in [0.1, 0.15) is 30.3 Å². The first-order chi connectivity index (χ1) is 10.2. The Bertz CT molecular complexity index is 636. The summed E-state index contributed by atoms with van der Waals surface area (Å²) in [5.74, 6) is 0.832. The second-order valence-corrected chi connectivity index (χ2v) is 5.74. The second kappa shape index (κ2) is 5.85. The van der Waals surface area contributed by atoms with Gasteiger partial charge in [-0.25, -0.2) is 4.98 Å². The molecular weight excluding hydrogens is 264 g/mol. The lowest BCUT2D eigenvalue weighted by molar-refractivity contribution is 0.111. The van der Waals surface area contributed by atoms with Crippen LogP contribution >= 0.6 is 0 Å². The summed E-state index contributed by atoms with van der Waals surface area (Å²) in [6, 6.07) is 6.23. The molecule has 0 N–H and O–H groups in total. The van der Waals surface area contributed by atoms with Gasteiger partial charge in [0.25, 0.3) is 0 Å². The highest BCUT2D eigenvalue weighted by Gasteiger charge is 2.26. The van der Waals surface area contributed by atoms with Crippen molar-refractivity contribution in [3.8, 4) is 0 Å². The maximum Gasteiger partial charge on any atom is 0.170 e. The highest BCUT2D eigenvalue weighted by Crippen LogP contribution is 2.25. The fourth-order valence-corrected chi connectivity index (χ4v) is 3.19. The van der Waals surface area contributed by atoms with Crippen molar-refractivity contribution in [3.63, 3.8) is 0 Å². The topological polar surface area (TPSA) is 40.9 Å². The second-order valence-electron chi connectivity index (χ2n) is 5.74. The largest absolute Gasteiger partial charge is 0.350 e. The zero-order valence-electron chi connectivity index (χ0n) is 12.7. The van der Waals surface area contributed by atoms with Crippen LogP contribution in [0.15, 0.2) is 24.4 Å². The fourth-order valence-electron chi connectivity index (χ4n) is 3.19. The van der Waals surface area contributed by atoms with E-state index < -0.39 is 0 Å². The third-order valence-corrected chi connectivity index (χ3v) is 4.30. The summed E-state index contributed by atoms with van der Waals surface area (Å²) in [6.45, 7) is 5.26. The summed E-state index contributed by atoms with van der Waals surface area (Å²) in [4.78, 5) is 21.0. The molecule has 3 rings (SSSR count). The smallest absolute Gasteiger partial charge is 0.170 e. The molecule has 0 saturated carbocycles. The number of hydrogen-bond acceptors (Lipinski definition) is 4. The SMILES string of the molecule is CCC1CN(C)CCCN1c1nc2ccccn2c1C=O. The number of fused-ring (bicyclic) bond motifs is 1. The number of imidazole rings is 1. The molecule has 0 aromatic carbocycles. The van der Waals surface area contributed by atoms with Crippen molar-refractivity contribution in [3.05, 3.63) is 30.1 Å². The first kappa shape index (κ1) is 14.1. The van der Waals surface area contributed by atoms with Gasteiger partial charge in [0.2, 0.25) is 0 Å². The number of carbonyl (C=O) groups is 1. The van der Waals surface area contributed by atoms with E-state index in [2.05, 4.69) is 23.8 Å². The molecule has 0 bridgehead atoms. The van der Waals surface area contributed by atoms with Crippen molar-refractivity contribution in [1.82, 2.24) is 14.3 Å². The minimum absolute atomic E-state index is 0.404. The number of anilines is 1. The van der Waals surface area contributed by atoms with Gasteiger partial charge >= 0.3 is 0 Å². The van der Waals surface area contributed by atoms with E-state index in [4.69, 9.17) is 4.98 Å². The van der Waals surface area contributed by atoms with Crippen LogP contribution in [0.3, 0.4) is 0 Å². The average Bonchev–Trinajstić information content (AvgIpc) is 2.76. The molecule has 5 nitrogen and oxygen atoms in total. The van der Waals surface area contributed by atoms with Gasteiger partial charge < -0.3 is 9.80 Å². The number of aromatic nitrogens is 2. The van der Waals surface area contributed by atoms with Crippen LogP contribution in [-0.4, -0.2) is 53.3 Å². The first-order valence-corrected chi connectivity index (χ1v) is 7.62. The van der Waals surface area contributed by atoms with E-state index in [-0.39, 0.29) is 0 Å². The van der Waals surface area contributed by atoms with Gasteiger partial charge in [0.15, 0.2) is 12.1 Å². The van der Waals surface area contributed by atoms with Crippen LogP contribution in [-0.2, 0) is 0 Å². The van der Waals surface area contributed by atoms with Gasteiger partial charge in [0.1, 0.15) is 11.3 Å². The zero-order valence-corrected chi connectivity index (χ0v) is 12.7. The maximum absolute atomic E-state index is 11.6. The van der Waals surface area contributed by atoms with Gasteiger partial charge in [0.05, 0.1) is 0 Å². The molecule has 2 aromatic heterocycles. The third-order valence-electron chi connectivity index (χ3n) is 4.30. The van der Waals surface area contributed by atoms with Crippen LogP contribution in [0.25, 0.3) is 5.65 Å². The number of pyridine rings is 1. The summed E-state index contributed by atoms with van der Waals surface area (Å²) < 4.78 is 1.88. The Morgan fingerprint density at radius 2 is 2.24 bits per heavy atom. The highest BCUT2D eigenvalue weighted by molar-refractivity contribution is 5.83. The number of nitrogens with zero attached hydrogens (tertiary/aromatic N) is 4. The normalized spacial score (nSPS) is 20.7. The number of carbonyl (C=O) groups excluding carboxylic acids is 1. The molecule has 112 valence electrons. The monoisotopic (exact) mass is 286 g/mol. The quantitative estimate of drug-likeness (QED) is 0.810. The van der Waals surface area contributed by atoms with Crippen LogP contribution < -0.4 is 4.90 Å². The molecule has 1 fully saturated rings. The lowest BCUT2D eigenvalue weighted by Gasteiger charge is -2.30. The molecule has 5 heteroatoms. The van der Waals surface area contributed by atoms with E-state index >= 15 is 0 Å². The Balaban J connectivity index is 2.07. The highest BCUT2D eigenvalue weighted by atomic mass is 16.1. The lowest BCUT2D eigenvalue weighted by Crippen LogP contribution is -2.40. The molecule has 0 amide bonds. The van der Waals surface area contributed by atoms with Gasteiger partial charge in [-0.05, 0) is 38.6 Å². The van der Waals surface area contributed by atoms with E-state index in [0.29, 0.717) is 11.7 Å². The molecule has 0 radical (unpaired) electrons. The summed E-state index contributed by atoms with van der Waals surface area (Å²) in [7, 11) is 2.16. The van der Waals surface area contributed by atoms with Crippen molar-refractivity contribution in [2.75, 3.05) is 31.6 Å². The number of rotatable bonds is 3. The minimum Gasteiger partial charge on any atom is -0.350 e. The molecule has 0 spiro atoms. The van der Waals surface area contributed by atoms with Crippen LogP contribution in [0.5, 0.6) is 0 Å². The molecule has 1 aliphatic heterocycles. The summed E-state index contributed by atoms with van der Waals surface area (Å²) in [6.07, 6.45) is 4.98. The van der Waals surface area contributed by atoms with E-state index in [1.54, 1.807) is 0 Å². The molecule has 1 aliphatic rings. The van der Waals surface area contributed by atoms with Crippen LogP contribution in [0.2, 0.25) is 0 Å². The van der Waals surface area contributed by atoms with Gasteiger partial charge in [-0.3, -0.25) is 9.20 Å². The summed E-state index contributed by atoms with van der Waals surface area (Å²) in [5, 5.41) is 0. The van der Waals surface area contributed by atoms with Crippen molar-refractivity contribution < 1.29 is 4.79 Å². The van der Waals surface area contributed by atoms with E-state index in [9.17, 15) is 4.79 Å². The average molecular weight is 286 g/mol. The van der Waals surface area contributed by atoms with Crippen LogP contribution in [0, 0.1) is 0 Å². The Kier molecular flexibility index (Phi) is 3.92. The molecule has 1 unspecified atom stereocenters. The molecule has 2 aromatic rings. The molecule has 1 saturated heterocycles. The summed E-state index contributed by atoms with van der Waals surface area (Å²) in [5.41, 5.74) is 1.50. The summed E-state index contributed by atoms with van der Waals surface area (Å²) >= 11 is 0.